The zero-order chi connectivity index (χ0) is 26.9. The smallest absolute Gasteiger partial charge is 0.351 e. The summed E-state index contributed by atoms with van der Waals surface area (Å²) in [6, 6.07) is 15.7. The Bertz CT molecular complexity index is 1490. The van der Waals surface area contributed by atoms with Crippen LogP contribution in [0, 0.1) is 25.5 Å². The maximum atomic E-state index is 15.4. The molecule has 0 saturated heterocycles. The molecule has 0 aliphatic heterocycles. The fourth-order valence-corrected chi connectivity index (χ4v) is 4.16. The largest absolute Gasteiger partial charge is 0.485 e. The minimum absolute atomic E-state index is 0.0124. The number of aryl methyl sites for hydroxylation is 2. The predicted molar refractivity (Wildman–Crippen MR) is 137 cm³/mol. The van der Waals surface area contributed by atoms with Gasteiger partial charge >= 0.3 is 5.69 Å². The lowest BCUT2D eigenvalue weighted by Crippen LogP contribution is -2.26. The highest BCUT2D eigenvalue weighted by atomic mass is 19.1. The molecule has 0 radical (unpaired) electrons. The second kappa shape index (κ2) is 10.4. The number of carbonyl (C=O) groups is 1. The van der Waals surface area contributed by atoms with Crippen molar-refractivity contribution in [2.24, 2.45) is 0 Å². The van der Waals surface area contributed by atoms with E-state index in [0.717, 1.165) is 16.3 Å². The van der Waals surface area contributed by atoms with Crippen LogP contribution in [0.25, 0.3) is 5.69 Å². The van der Waals surface area contributed by atoms with Gasteiger partial charge in [0.1, 0.15) is 35.0 Å². The van der Waals surface area contributed by atoms with Crippen LogP contribution >= 0.6 is 0 Å². The molecule has 3 aromatic carbocycles. The van der Waals surface area contributed by atoms with E-state index in [1.165, 1.54) is 22.8 Å². The summed E-state index contributed by atoms with van der Waals surface area (Å²) < 4.78 is 38.4. The van der Waals surface area contributed by atoms with Crippen molar-refractivity contribution < 1.29 is 18.3 Å². The Balaban J connectivity index is 1.83. The van der Waals surface area contributed by atoms with E-state index in [9.17, 15) is 14.0 Å². The fraction of sp³-hybridized carbons (Fsp3) is 0.250. The van der Waals surface area contributed by atoms with Crippen LogP contribution in [-0.4, -0.2) is 20.3 Å². The first-order chi connectivity index (χ1) is 17.6. The van der Waals surface area contributed by atoms with Crippen molar-refractivity contribution >= 4 is 11.6 Å². The molecule has 1 atom stereocenters. The summed E-state index contributed by atoms with van der Waals surface area (Å²) in [6.45, 7) is 8.74. The number of hydrogen-bond donors (Lipinski definition) is 1. The highest BCUT2D eigenvalue weighted by Gasteiger charge is 2.24. The Morgan fingerprint density at radius 2 is 1.68 bits per heavy atom. The van der Waals surface area contributed by atoms with E-state index >= 15 is 4.39 Å². The van der Waals surface area contributed by atoms with Gasteiger partial charge in [0.2, 0.25) is 0 Å². The van der Waals surface area contributed by atoms with Crippen LogP contribution in [0.4, 0.5) is 14.5 Å². The number of amides is 1. The molecule has 0 spiro atoms. The van der Waals surface area contributed by atoms with Crippen molar-refractivity contribution in [1.82, 2.24) is 14.3 Å². The third kappa shape index (κ3) is 5.16. The van der Waals surface area contributed by atoms with Crippen LogP contribution in [0.15, 0.2) is 65.5 Å². The van der Waals surface area contributed by atoms with Gasteiger partial charge in [-0.1, -0.05) is 42.5 Å². The summed E-state index contributed by atoms with van der Waals surface area (Å²) in [5.41, 5.74) is 0.476. The van der Waals surface area contributed by atoms with E-state index in [1.54, 1.807) is 26.8 Å². The highest BCUT2D eigenvalue weighted by Crippen LogP contribution is 2.31. The summed E-state index contributed by atoms with van der Waals surface area (Å²) in [4.78, 5) is 26.3. The molecule has 0 saturated carbocycles. The number of anilines is 1. The van der Waals surface area contributed by atoms with Gasteiger partial charge in [0, 0.05) is 12.1 Å². The molecular formula is C28H28F2N4O3. The number of ether oxygens (including phenoxy) is 1. The molecule has 4 aromatic rings. The lowest BCUT2D eigenvalue weighted by atomic mass is 10.1. The van der Waals surface area contributed by atoms with E-state index in [2.05, 4.69) is 10.4 Å². The van der Waals surface area contributed by atoms with Crippen molar-refractivity contribution in [2.75, 3.05) is 5.32 Å². The van der Waals surface area contributed by atoms with Crippen molar-refractivity contribution in [3.05, 3.63) is 105 Å². The lowest BCUT2D eigenvalue weighted by molar-refractivity contribution is 0.101. The normalized spacial score (nSPS) is 12.0. The van der Waals surface area contributed by atoms with Gasteiger partial charge in [-0.25, -0.2) is 13.6 Å². The van der Waals surface area contributed by atoms with Crippen LogP contribution < -0.4 is 15.7 Å². The van der Waals surface area contributed by atoms with Crippen molar-refractivity contribution in [3.8, 4) is 11.4 Å². The summed E-state index contributed by atoms with van der Waals surface area (Å²) >= 11 is 0. The highest BCUT2D eigenvalue weighted by molar-refractivity contribution is 6.06. The molecule has 0 fully saturated rings. The van der Waals surface area contributed by atoms with Gasteiger partial charge in [-0.3, -0.25) is 9.36 Å². The molecular weight excluding hydrogens is 478 g/mol. The number of carbonyl (C=O) groups excluding carboxylic acids is 1. The second-order valence-corrected chi connectivity index (χ2v) is 9.06. The number of aromatic nitrogens is 3. The van der Waals surface area contributed by atoms with Gasteiger partial charge in [-0.2, -0.15) is 9.78 Å². The van der Waals surface area contributed by atoms with Gasteiger partial charge < -0.3 is 10.1 Å². The molecule has 1 N–H and O–H groups in total. The summed E-state index contributed by atoms with van der Waals surface area (Å²) in [5.74, 6) is -1.80. The Kier molecular flexibility index (Phi) is 7.24. The first kappa shape index (κ1) is 25.8. The van der Waals surface area contributed by atoms with Gasteiger partial charge in [0.15, 0.2) is 0 Å². The molecule has 1 aromatic heterocycles. The minimum Gasteiger partial charge on any atom is -0.485 e. The van der Waals surface area contributed by atoms with Crippen molar-refractivity contribution in [3.63, 3.8) is 0 Å². The summed E-state index contributed by atoms with van der Waals surface area (Å²) in [5, 5.41) is 6.75. The molecule has 0 aliphatic rings. The van der Waals surface area contributed by atoms with Crippen molar-refractivity contribution in [1.29, 1.82) is 0 Å². The Hall–Kier alpha value is -4.27. The lowest BCUT2D eigenvalue weighted by Gasteiger charge is -2.19. The molecule has 1 heterocycles. The summed E-state index contributed by atoms with van der Waals surface area (Å²) in [7, 11) is 0. The van der Waals surface area contributed by atoms with E-state index < -0.39 is 29.3 Å². The van der Waals surface area contributed by atoms with Crippen LogP contribution in [-0.2, 0) is 0 Å². The van der Waals surface area contributed by atoms with Crippen LogP contribution in [0.5, 0.6) is 5.75 Å². The van der Waals surface area contributed by atoms with E-state index in [1.807, 2.05) is 44.2 Å². The number of para-hydroxylation sites is 1. The molecule has 9 heteroatoms. The van der Waals surface area contributed by atoms with Gasteiger partial charge in [0.05, 0.1) is 11.3 Å². The fourth-order valence-electron chi connectivity index (χ4n) is 4.16. The molecule has 0 bridgehead atoms. The van der Waals surface area contributed by atoms with E-state index in [4.69, 9.17) is 4.74 Å². The van der Waals surface area contributed by atoms with Gasteiger partial charge in [0.25, 0.3) is 5.91 Å². The first-order valence-electron chi connectivity index (χ1n) is 11.9. The Morgan fingerprint density at radius 1 is 0.973 bits per heavy atom. The standard InChI is InChI=1S/C28H28F2N4O3/c1-16(2)33-19(5)32-34(28(33)36)24-15-25(37-18(4)20-11-7-6-8-12-20)21(14-23(24)30)27(35)31-26-17(3)10-9-13-22(26)29/h6-16,18H,1-5H3,(H,31,35)/t18-/m0/s1. The van der Waals surface area contributed by atoms with Crippen LogP contribution in [0.2, 0.25) is 0 Å². The molecule has 37 heavy (non-hydrogen) atoms. The number of hydrogen-bond acceptors (Lipinski definition) is 4. The van der Waals surface area contributed by atoms with Crippen molar-refractivity contribution in [2.45, 2.75) is 46.8 Å². The van der Waals surface area contributed by atoms with Gasteiger partial charge in [-0.05, 0) is 57.9 Å². The third-order valence-corrected chi connectivity index (χ3v) is 6.05. The number of nitrogens with zero attached hydrogens (tertiary/aromatic N) is 3. The maximum Gasteiger partial charge on any atom is 0.351 e. The second-order valence-electron chi connectivity index (χ2n) is 9.06. The third-order valence-electron chi connectivity index (χ3n) is 6.05. The molecule has 0 unspecified atom stereocenters. The number of nitrogens with one attached hydrogen (secondary N) is 1. The zero-order valence-corrected chi connectivity index (χ0v) is 21.3. The number of halogens is 2. The average molecular weight is 507 g/mol. The Morgan fingerprint density at radius 3 is 2.30 bits per heavy atom. The molecule has 7 nitrogen and oxygen atoms in total. The quantitative estimate of drug-likeness (QED) is 0.338. The monoisotopic (exact) mass is 506 g/mol. The Labute approximate surface area is 213 Å². The maximum absolute atomic E-state index is 15.4. The predicted octanol–water partition coefficient (Wildman–Crippen LogP) is 5.90. The average Bonchev–Trinajstić information content (AvgIpc) is 3.16. The molecule has 4 rings (SSSR count). The van der Waals surface area contributed by atoms with Crippen LogP contribution in [0.3, 0.4) is 0 Å². The topological polar surface area (TPSA) is 78.2 Å². The van der Waals surface area contributed by atoms with Crippen LogP contribution in [0.1, 0.15) is 60.2 Å². The summed E-state index contributed by atoms with van der Waals surface area (Å²) in [6.07, 6.45) is -0.520. The molecule has 0 aliphatic carbocycles. The molecule has 1 amide bonds. The number of benzene rings is 3. The van der Waals surface area contributed by atoms with E-state index in [0.29, 0.717) is 11.4 Å². The minimum atomic E-state index is -0.856. The zero-order valence-electron chi connectivity index (χ0n) is 21.3. The van der Waals surface area contributed by atoms with Gasteiger partial charge in [-0.15, -0.1) is 0 Å². The number of rotatable bonds is 7. The SMILES string of the molecule is Cc1cccc(F)c1NC(=O)c1cc(F)c(-n2nc(C)n(C(C)C)c2=O)cc1O[C@@H](C)c1ccccc1. The van der Waals surface area contributed by atoms with E-state index in [-0.39, 0.29) is 28.7 Å². The first-order valence-corrected chi connectivity index (χ1v) is 11.9. The molecule has 192 valence electrons.